The van der Waals surface area contributed by atoms with Crippen molar-refractivity contribution in [2.75, 3.05) is 6.61 Å². The highest BCUT2D eigenvalue weighted by atomic mass is 16.5. The maximum absolute atomic E-state index is 13.1. The maximum atomic E-state index is 13.1. The highest BCUT2D eigenvalue weighted by Gasteiger charge is 2.24. The van der Waals surface area contributed by atoms with Gasteiger partial charge in [-0.15, -0.1) is 0 Å². The third-order valence-electron chi connectivity index (χ3n) is 10.5. The number of nitrogens with one attached hydrogen (secondary N) is 1. The van der Waals surface area contributed by atoms with Crippen molar-refractivity contribution in [1.29, 1.82) is 0 Å². The molecular weight excluding hydrogens is 743 g/mol. The summed E-state index contributed by atoms with van der Waals surface area (Å²) in [5.74, 6) is -0.571. The van der Waals surface area contributed by atoms with Gasteiger partial charge in [0.15, 0.2) is 0 Å². The largest absolute Gasteiger partial charge is 0.462 e. The number of esters is 1. The number of aliphatic hydroxyl groups is 2. The van der Waals surface area contributed by atoms with E-state index in [1.54, 1.807) is 0 Å². The monoisotopic (exact) mass is 834 g/mol. The van der Waals surface area contributed by atoms with E-state index >= 15 is 0 Å². The SMILES string of the molecule is CC/C=C/C=C/C=C\C=C/C=C/CCCC(CC(=O)NC(CO)C(O)CCCCCCCCCCC)OC(=O)CCCCCCCC/C=C\C/C=C\C/C=C\CCCCC. The number of hydrogen-bond donors (Lipinski definition) is 3. The van der Waals surface area contributed by atoms with E-state index in [1.807, 2.05) is 48.6 Å². The lowest BCUT2D eigenvalue weighted by Crippen LogP contribution is -2.46. The van der Waals surface area contributed by atoms with E-state index in [0.29, 0.717) is 19.3 Å². The molecule has 0 aromatic heterocycles. The lowest BCUT2D eigenvalue weighted by molar-refractivity contribution is -0.151. The second-order valence-electron chi connectivity index (χ2n) is 16.2. The molecule has 6 heteroatoms. The molecule has 0 fully saturated rings. The van der Waals surface area contributed by atoms with Crippen LogP contribution in [0.1, 0.15) is 207 Å². The van der Waals surface area contributed by atoms with E-state index < -0.39 is 18.2 Å². The summed E-state index contributed by atoms with van der Waals surface area (Å²) < 4.78 is 5.88. The number of unbranched alkanes of at least 4 members (excludes halogenated alkanes) is 18. The van der Waals surface area contributed by atoms with Crippen LogP contribution in [-0.2, 0) is 14.3 Å². The molecule has 0 aliphatic carbocycles. The van der Waals surface area contributed by atoms with Crippen LogP contribution in [0.5, 0.6) is 0 Å². The number of aliphatic hydroxyl groups excluding tert-OH is 2. The summed E-state index contributed by atoms with van der Waals surface area (Å²) in [6.45, 7) is 6.25. The smallest absolute Gasteiger partial charge is 0.306 e. The van der Waals surface area contributed by atoms with Gasteiger partial charge in [-0.25, -0.2) is 0 Å². The third-order valence-corrected chi connectivity index (χ3v) is 10.5. The Hall–Kier alpha value is -3.22. The Balaban J connectivity index is 4.69. The van der Waals surface area contributed by atoms with Gasteiger partial charge in [0.25, 0.3) is 0 Å². The minimum atomic E-state index is -0.812. The number of carbonyl (C=O) groups excluding carboxylic acids is 2. The molecule has 0 saturated carbocycles. The number of allylic oxidation sites excluding steroid dienone is 16. The van der Waals surface area contributed by atoms with Crippen molar-refractivity contribution >= 4 is 11.9 Å². The molecule has 0 aliphatic rings. The van der Waals surface area contributed by atoms with Gasteiger partial charge in [0.1, 0.15) is 6.10 Å². The van der Waals surface area contributed by atoms with Crippen LogP contribution in [0.15, 0.2) is 97.2 Å². The number of rotatable bonds is 42. The number of amides is 1. The number of hydrogen-bond acceptors (Lipinski definition) is 5. The quantitative estimate of drug-likeness (QED) is 0.0246. The molecule has 3 N–H and O–H groups in total. The van der Waals surface area contributed by atoms with E-state index in [1.165, 1.54) is 83.5 Å². The Morgan fingerprint density at radius 1 is 0.517 bits per heavy atom. The first-order valence-corrected chi connectivity index (χ1v) is 24.5. The van der Waals surface area contributed by atoms with Crippen molar-refractivity contribution in [1.82, 2.24) is 5.32 Å². The van der Waals surface area contributed by atoms with Gasteiger partial charge in [-0.2, -0.15) is 0 Å². The molecule has 3 atom stereocenters. The Bertz CT molecular complexity index is 1210. The van der Waals surface area contributed by atoms with Gasteiger partial charge < -0.3 is 20.3 Å². The van der Waals surface area contributed by atoms with Crippen LogP contribution in [-0.4, -0.2) is 46.9 Å². The summed E-state index contributed by atoms with van der Waals surface area (Å²) in [4.78, 5) is 26.0. The van der Waals surface area contributed by atoms with Crippen LogP contribution in [0.2, 0.25) is 0 Å². The van der Waals surface area contributed by atoms with Gasteiger partial charge in [-0.3, -0.25) is 9.59 Å². The van der Waals surface area contributed by atoms with Crippen LogP contribution in [0.4, 0.5) is 0 Å². The van der Waals surface area contributed by atoms with Crippen LogP contribution in [0.3, 0.4) is 0 Å². The summed E-state index contributed by atoms with van der Waals surface area (Å²) >= 11 is 0. The summed E-state index contributed by atoms with van der Waals surface area (Å²) in [6, 6.07) is -0.731. The molecule has 0 rings (SSSR count). The molecule has 0 heterocycles. The summed E-state index contributed by atoms with van der Waals surface area (Å²) in [5.41, 5.74) is 0. The fourth-order valence-electron chi connectivity index (χ4n) is 6.82. The number of ether oxygens (including phenoxy) is 1. The van der Waals surface area contributed by atoms with Crippen LogP contribution >= 0.6 is 0 Å². The zero-order chi connectivity index (χ0) is 43.8. The predicted molar refractivity (Wildman–Crippen MR) is 259 cm³/mol. The zero-order valence-electron chi connectivity index (χ0n) is 38.8. The van der Waals surface area contributed by atoms with Crippen LogP contribution in [0, 0.1) is 0 Å². The van der Waals surface area contributed by atoms with E-state index in [0.717, 1.165) is 77.0 Å². The van der Waals surface area contributed by atoms with Gasteiger partial charge in [0.2, 0.25) is 5.91 Å². The Labute approximate surface area is 369 Å². The summed E-state index contributed by atoms with van der Waals surface area (Å²) in [6.07, 6.45) is 61.9. The van der Waals surface area contributed by atoms with Gasteiger partial charge in [0.05, 0.1) is 25.2 Å². The van der Waals surface area contributed by atoms with Crippen molar-refractivity contribution in [2.24, 2.45) is 0 Å². The Kier molecular flexibility index (Phi) is 44.3. The number of carbonyl (C=O) groups is 2. The summed E-state index contributed by atoms with van der Waals surface area (Å²) in [5, 5.41) is 23.6. The van der Waals surface area contributed by atoms with E-state index in [9.17, 15) is 19.8 Å². The highest BCUT2D eigenvalue weighted by Crippen LogP contribution is 2.16. The van der Waals surface area contributed by atoms with Crippen LogP contribution in [0.25, 0.3) is 0 Å². The molecule has 1 amide bonds. The van der Waals surface area contributed by atoms with Gasteiger partial charge in [-0.1, -0.05) is 214 Å². The minimum absolute atomic E-state index is 0.0175. The maximum Gasteiger partial charge on any atom is 0.306 e. The molecule has 0 bridgehead atoms. The zero-order valence-corrected chi connectivity index (χ0v) is 38.8. The molecule has 0 spiro atoms. The van der Waals surface area contributed by atoms with E-state index in [2.05, 4.69) is 74.7 Å². The highest BCUT2D eigenvalue weighted by molar-refractivity contribution is 5.77. The summed E-state index contributed by atoms with van der Waals surface area (Å²) in [7, 11) is 0. The average Bonchev–Trinajstić information content (AvgIpc) is 3.24. The lowest BCUT2D eigenvalue weighted by atomic mass is 10.0. The van der Waals surface area contributed by atoms with Gasteiger partial charge in [-0.05, 0) is 77.0 Å². The first-order chi connectivity index (χ1) is 29.5. The fourth-order valence-corrected chi connectivity index (χ4v) is 6.82. The minimum Gasteiger partial charge on any atom is -0.462 e. The third kappa shape index (κ3) is 41.5. The molecule has 342 valence electrons. The van der Waals surface area contributed by atoms with Crippen molar-refractivity contribution in [3.63, 3.8) is 0 Å². The van der Waals surface area contributed by atoms with Crippen molar-refractivity contribution in [2.45, 2.75) is 225 Å². The lowest BCUT2D eigenvalue weighted by Gasteiger charge is -2.24. The molecule has 0 aliphatic heterocycles. The Morgan fingerprint density at radius 2 is 0.983 bits per heavy atom. The second-order valence-corrected chi connectivity index (χ2v) is 16.2. The molecule has 0 aromatic rings. The van der Waals surface area contributed by atoms with Crippen molar-refractivity contribution in [3.05, 3.63) is 97.2 Å². The van der Waals surface area contributed by atoms with Gasteiger partial charge in [0, 0.05) is 6.42 Å². The predicted octanol–water partition coefficient (Wildman–Crippen LogP) is 14.6. The normalized spacial score (nSPS) is 14.2. The van der Waals surface area contributed by atoms with Gasteiger partial charge >= 0.3 is 5.97 Å². The molecular formula is C54H91NO5. The second kappa shape index (κ2) is 46.8. The first kappa shape index (κ1) is 56.8. The first-order valence-electron chi connectivity index (χ1n) is 24.5. The van der Waals surface area contributed by atoms with E-state index in [4.69, 9.17) is 4.74 Å². The van der Waals surface area contributed by atoms with Crippen LogP contribution < -0.4 is 5.32 Å². The standard InChI is InChI=1S/C54H91NO5/c1-4-7-10-13-16-19-21-23-24-25-26-27-28-30-32-35-38-41-44-47-54(59)60-50(45-42-39-36-34-31-29-22-20-17-14-11-8-5-2)48-53(58)55-51(49-56)52(57)46-43-40-37-33-18-15-12-9-6-3/h8,11,14,16-17,19-20,22-24,26-27,29,31,34,36,50-52,56-57H,4-7,9-10,12-13,15,18,21,25,28,30,32-33,35,37-49H2,1-3H3,(H,55,58)/b11-8+,17-14+,19-16-,22-20-,24-23-,27-26-,31-29-,36-34+. The average molecular weight is 834 g/mol. The van der Waals surface area contributed by atoms with Crippen molar-refractivity contribution in [3.8, 4) is 0 Å². The molecule has 3 unspecified atom stereocenters. The fraction of sp³-hybridized carbons (Fsp3) is 0.667. The molecule has 0 saturated heterocycles. The van der Waals surface area contributed by atoms with E-state index in [-0.39, 0.29) is 24.9 Å². The molecule has 6 nitrogen and oxygen atoms in total. The van der Waals surface area contributed by atoms with Crippen molar-refractivity contribution < 1.29 is 24.5 Å². The Morgan fingerprint density at radius 3 is 1.57 bits per heavy atom. The molecule has 60 heavy (non-hydrogen) atoms. The molecule has 0 aromatic carbocycles. The molecule has 0 radical (unpaired) electrons. The topological polar surface area (TPSA) is 95.9 Å².